The van der Waals surface area contributed by atoms with Crippen LogP contribution in [0.4, 0.5) is 0 Å². The smallest absolute Gasteiger partial charge is 0.0299 e. The van der Waals surface area contributed by atoms with Crippen molar-refractivity contribution in [3.8, 4) is 0 Å². The van der Waals surface area contributed by atoms with E-state index in [1.54, 1.807) is 5.56 Å². The van der Waals surface area contributed by atoms with Crippen LogP contribution in [0.25, 0.3) is 0 Å². The van der Waals surface area contributed by atoms with Crippen LogP contribution in [0.1, 0.15) is 75.5 Å². The largest absolute Gasteiger partial charge is 0.305 e. The Bertz CT molecular complexity index is 384. The van der Waals surface area contributed by atoms with Gasteiger partial charge in [0.1, 0.15) is 0 Å². The van der Waals surface area contributed by atoms with Gasteiger partial charge in [0.05, 0.1) is 0 Å². The van der Waals surface area contributed by atoms with Gasteiger partial charge in [0.2, 0.25) is 0 Å². The molecule has 1 aromatic carbocycles. The van der Waals surface area contributed by atoms with Gasteiger partial charge in [-0.1, -0.05) is 50.5 Å². The monoisotopic (exact) mass is 243 g/mol. The quantitative estimate of drug-likeness (QED) is 0.705. The first-order valence-electron chi connectivity index (χ1n) is 7.57. The zero-order valence-electron chi connectivity index (χ0n) is 11.7. The Balaban J connectivity index is 1.95. The van der Waals surface area contributed by atoms with Gasteiger partial charge in [-0.25, -0.2) is 0 Å². The van der Waals surface area contributed by atoms with E-state index in [1.165, 1.54) is 44.1 Å². The molecule has 1 heteroatoms. The number of fused-ring (bicyclic) bond motifs is 1. The van der Waals surface area contributed by atoms with Gasteiger partial charge in [-0.15, -0.1) is 0 Å². The van der Waals surface area contributed by atoms with Gasteiger partial charge in [0.15, 0.2) is 0 Å². The van der Waals surface area contributed by atoms with Crippen LogP contribution in [-0.4, -0.2) is 5.54 Å². The summed E-state index contributed by atoms with van der Waals surface area (Å²) in [5.74, 6) is 0.691. The van der Waals surface area contributed by atoms with Crippen LogP contribution < -0.4 is 5.32 Å². The van der Waals surface area contributed by atoms with Crippen molar-refractivity contribution in [1.82, 2.24) is 5.32 Å². The molecule has 0 unspecified atom stereocenters. The zero-order chi connectivity index (χ0) is 12.6. The Morgan fingerprint density at radius 2 is 1.67 bits per heavy atom. The van der Waals surface area contributed by atoms with E-state index >= 15 is 0 Å². The van der Waals surface area contributed by atoms with Gasteiger partial charge in [0.25, 0.3) is 0 Å². The van der Waals surface area contributed by atoms with E-state index in [4.69, 9.17) is 0 Å². The van der Waals surface area contributed by atoms with Crippen molar-refractivity contribution < 1.29 is 0 Å². The molecule has 0 amide bonds. The van der Waals surface area contributed by atoms with Gasteiger partial charge in [-0.3, -0.25) is 0 Å². The van der Waals surface area contributed by atoms with Crippen LogP contribution in [0.3, 0.4) is 0 Å². The molecule has 98 valence electrons. The average molecular weight is 243 g/mol. The summed E-state index contributed by atoms with van der Waals surface area (Å²) >= 11 is 0. The number of hydrogen-bond acceptors (Lipinski definition) is 1. The molecule has 1 fully saturated rings. The summed E-state index contributed by atoms with van der Waals surface area (Å²) in [7, 11) is 0. The van der Waals surface area contributed by atoms with Crippen molar-refractivity contribution in [2.24, 2.45) is 0 Å². The second-order valence-electron chi connectivity index (χ2n) is 6.44. The normalized spacial score (nSPS) is 30.8. The Hall–Kier alpha value is -0.820. The van der Waals surface area contributed by atoms with Crippen LogP contribution in [0.15, 0.2) is 24.3 Å². The minimum Gasteiger partial charge on any atom is -0.305 e. The van der Waals surface area contributed by atoms with E-state index < -0.39 is 0 Å². The Morgan fingerprint density at radius 1 is 1.00 bits per heavy atom. The van der Waals surface area contributed by atoms with Gasteiger partial charge in [-0.2, -0.15) is 0 Å². The summed E-state index contributed by atoms with van der Waals surface area (Å²) in [6, 6.07) is 9.53. The van der Waals surface area contributed by atoms with Crippen molar-refractivity contribution in [3.05, 3.63) is 35.4 Å². The fraction of sp³-hybridized carbons (Fsp3) is 0.647. The van der Waals surface area contributed by atoms with Crippen molar-refractivity contribution in [3.63, 3.8) is 0 Å². The molecule has 2 atom stereocenters. The Labute approximate surface area is 111 Å². The first-order valence-corrected chi connectivity index (χ1v) is 7.57. The van der Waals surface area contributed by atoms with Crippen LogP contribution in [0, 0.1) is 0 Å². The Kier molecular flexibility index (Phi) is 3.19. The van der Waals surface area contributed by atoms with Gasteiger partial charge < -0.3 is 5.32 Å². The predicted molar refractivity (Wildman–Crippen MR) is 76.8 cm³/mol. The highest BCUT2D eigenvalue weighted by molar-refractivity contribution is 5.34. The molecule has 1 aliphatic carbocycles. The van der Waals surface area contributed by atoms with E-state index in [-0.39, 0.29) is 0 Å². The van der Waals surface area contributed by atoms with E-state index in [2.05, 4.69) is 43.4 Å². The third-order valence-corrected chi connectivity index (χ3v) is 5.02. The molecule has 1 N–H and O–H groups in total. The van der Waals surface area contributed by atoms with Crippen LogP contribution >= 0.6 is 0 Å². The molecule has 1 spiro atoms. The van der Waals surface area contributed by atoms with Crippen LogP contribution in [0.2, 0.25) is 0 Å². The number of rotatable bonds is 0. The lowest BCUT2D eigenvalue weighted by Crippen LogP contribution is -2.47. The first-order chi connectivity index (χ1) is 8.70. The third kappa shape index (κ3) is 2.09. The van der Waals surface area contributed by atoms with Gasteiger partial charge in [-0.05, 0) is 43.2 Å². The minimum atomic E-state index is 0.413. The highest BCUT2D eigenvalue weighted by atomic mass is 15.0. The summed E-state index contributed by atoms with van der Waals surface area (Å²) in [5, 5.41) is 3.98. The van der Waals surface area contributed by atoms with Crippen molar-refractivity contribution in [2.75, 3.05) is 0 Å². The molecule has 0 bridgehead atoms. The summed E-state index contributed by atoms with van der Waals surface area (Å²) < 4.78 is 0. The number of hydrogen-bond donors (Lipinski definition) is 1. The van der Waals surface area contributed by atoms with E-state index in [0.717, 1.165) is 0 Å². The second kappa shape index (κ2) is 4.70. The van der Waals surface area contributed by atoms with E-state index in [9.17, 15) is 0 Å². The number of benzene rings is 1. The van der Waals surface area contributed by atoms with Crippen molar-refractivity contribution >= 4 is 0 Å². The SMILES string of the molecule is C[C@@H]1CC2(CCCCC2)N[C@@H](C)c2ccccc21. The molecule has 0 radical (unpaired) electrons. The highest BCUT2D eigenvalue weighted by Gasteiger charge is 2.37. The fourth-order valence-corrected chi connectivity index (χ4v) is 4.22. The number of nitrogens with one attached hydrogen (secondary N) is 1. The molecule has 18 heavy (non-hydrogen) atoms. The predicted octanol–water partition coefficient (Wildman–Crippen LogP) is 4.55. The molecule has 3 rings (SSSR count). The zero-order valence-corrected chi connectivity index (χ0v) is 11.7. The topological polar surface area (TPSA) is 12.0 Å². The maximum Gasteiger partial charge on any atom is 0.0299 e. The summed E-state index contributed by atoms with van der Waals surface area (Å²) in [6.07, 6.45) is 8.30. The van der Waals surface area contributed by atoms with Gasteiger partial charge in [0, 0.05) is 11.6 Å². The summed E-state index contributed by atoms with van der Waals surface area (Å²) in [4.78, 5) is 0. The summed E-state index contributed by atoms with van der Waals surface area (Å²) in [6.45, 7) is 4.75. The van der Waals surface area contributed by atoms with Crippen molar-refractivity contribution in [2.45, 2.75) is 69.9 Å². The molecule has 1 saturated carbocycles. The lowest BCUT2D eigenvalue weighted by Gasteiger charge is -2.40. The molecule has 1 heterocycles. The maximum absolute atomic E-state index is 3.98. The second-order valence-corrected chi connectivity index (χ2v) is 6.44. The molecular formula is C17H25N. The van der Waals surface area contributed by atoms with E-state index in [0.29, 0.717) is 17.5 Å². The maximum atomic E-state index is 3.98. The molecule has 1 aromatic rings. The average Bonchev–Trinajstić information content (AvgIpc) is 2.48. The molecule has 0 saturated heterocycles. The Morgan fingerprint density at radius 3 is 2.39 bits per heavy atom. The standard InChI is InChI=1S/C17H25N/c1-13-12-17(10-6-3-7-11-17)18-14(2)16-9-5-4-8-15(13)16/h4-5,8-9,13-14,18H,3,6-7,10-12H2,1-2H3/t13-,14+/m1/s1. The molecule has 0 aromatic heterocycles. The van der Waals surface area contributed by atoms with E-state index in [1.807, 2.05) is 0 Å². The van der Waals surface area contributed by atoms with Crippen LogP contribution in [0.5, 0.6) is 0 Å². The molecular weight excluding hydrogens is 218 g/mol. The molecule has 1 nitrogen and oxygen atoms in total. The van der Waals surface area contributed by atoms with Crippen LogP contribution in [-0.2, 0) is 0 Å². The third-order valence-electron chi connectivity index (χ3n) is 5.02. The van der Waals surface area contributed by atoms with Crippen molar-refractivity contribution in [1.29, 1.82) is 0 Å². The fourth-order valence-electron chi connectivity index (χ4n) is 4.22. The minimum absolute atomic E-state index is 0.413. The lowest BCUT2D eigenvalue weighted by molar-refractivity contribution is 0.195. The lowest BCUT2D eigenvalue weighted by atomic mass is 9.75. The highest BCUT2D eigenvalue weighted by Crippen LogP contribution is 2.42. The first kappa shape index (κ1) is 12.2. The summed E-state index contributed by atoms with van der Waals surface area (Å²) in [5.41, 5.74) is 3.50. The molecule has 1 aliphatic heterocycles. The van der Waals surface area contributed by atoms with Gasteiger partial charge >= 0.3 is 0 Å². The molecule has 2 aliphatic rings.